The van der Waals surface area contributed by atoms with Crippen LogP contribution in [0.1, 0.15) is 40.9 Å². The number of hydrogen-bond acceptors (Lipinski definition) is 7. The monoisotopic (exact) mass is 449 g/mol. The fourth-order valence-electron chi connectivity index (χ4n) is 3.47. The lowest BCUT2D eigenvalue weighted by molar-refractivity contribution is -0.115. The van der Waals surface area contributed by atoms with E-state index in [1.165, 1.54) is 11.3 Å². The van der Waals surface area contributed by atoms with Crippen LogP contribution >= 0.6 is 11.3 Å². The van der Waals surface area contributed by atoms with Crippen LogP contribution in [0.5, 0.6) is 0 Å². The maximum absolute atomic E-state index is 12.4. The lowest BCUT2D eigenvalue weighted by Gasteiger charge is -2.09. The lowest BCUT2D eigenvalue weighted by atomic mass is 10.2. The number of carbonyl (C=O) groups is 3. The molecule has 3 aliphatic rings. The molecular formula is C21H19N7O3S. The smallest absolute Gasteiger partial charge is 0.326 e. The average Bonchev–Trinajstić information content (AvgIpc) is 3.63. The van der Waals surface area contributed by atoms with Gasteiger partial charge in [-0.15, -0.1) is 11.3 Å². The fourth-order valence-corrected chi connectivity index (χ4v) is 4.34. The zero-order valence-corrected chi connectivity index (χ0v) is 17.7. The standard InChI is InChI=1S/C21H19N7O3S/c29-19-14(26-21(31)27-19)7-10-9-22-28-17(23-11-1-2-11)8-13(25-18(10)28)15-5-6-16(32-15)20(30)24-12-3-4-12/h5-9,11-12,23H,1-4H2,(H,24,30)(H2,26,27,29,31)/b14-7-. The second kappa shape index (κ2) is 7.16. The third-order valence-electron chi connectivity index (χ3n) is 5.44. The molecule has 162 valence electrons. The third-order valence-corrected chi connectivity index (χ3v) is 6.55. The Morgan fingerprint density at radius 3 is 2.69 bits per heavy atom. The molecule has 3 fully saturated rings. The minimum absolute atomic E-state index is 0.0566. The summed E-state index contributed by atoms with van der Waals surface area (Å²) in [4.78, 5) is 42.1. The van der Waals surface area contributed by atoms with Crippen molar-refractivity contribution in [2.75, 3.05) is 5.32 Å². The summed E-state index contributed by atoms with van der Waals surface area (Å²) in [7, 11) is 0. The summed E-state index contributed by atoms with van der Waals surface area (Å²) in [6.07, 6.45) is 7.43. The summed E-state index contributed by atoms with van der Waals surface area (Å²) in [5.74, 6) is 0.236. The van der Waals surface area contributed by atoms with Gasteiger partial charge in [-0.05, 0) is 43.9 Å². The molecule has 3 aromatic rings. The zero-order valence-electron chi connectivity index (χ0n) is 16.8. The Balaban J connectivity index is 1.40. The highest BCUT2D eigenvalue weighted by molar-refractivity contribution is 7.17. The molecule has 11 heteroatoms. The van der Waals surface area contributed by atoms with Gasteiger partial charge in [-0.1, -0.05) is 0 Å². The number of amides is 4. The quantitative estimate of drug-likeness (QED) is 0.337. The number of imide groups is 1. The van der Waals surface area contributed by atoms with Gasteiger partial charge in [0, 0.05) is 23.7 Å². The van der Waals surface area contributed by atoms with Gasteiger partial charge < -0.3 is 16.0 Å². The van der Waals surface area contributed by atoms with Crippen molar-refractivity contribution in [3.63, 3.8) is 0 Å². The zero-order chi connectivity index (χ0) is 21.8. The van der Waals surface area contributed by atoms with Crippen molar-refractivity contribution in [1.82, 2.24) is 30.5 Å². The third kappa shape index (κ3) is 3.60. The van der Waals surface area contributed by atoms with Crippen LogP contribution in [-0.4, -0.2) is 44.5 Å². The molecule has 3 aromatic heterocycles. The van der Waals surface area contributed by atoms with E-state index < -0.39 is 11.9 Å². The average molecular weight is 449 g/mol. The highest BCUT2D eigenvalue weighted by atomic mass is 32.1. The van der Waals surface area contributed by atoms with Crippen molar-refractivity contribution in [1.29, 1.82) is 0 Å². The number of thiophene rings is 1. The van der Waals surface area contributed by atoms with Crippen LogP contribution in [0.25, 0.3) is 22.3 Å². The van der Waals surface area contributed by atoms with E-state index >= 15 is 0 Å². The van der Waals surface area contributed by atoms with Crippen molar-refractivity contribution >= 4 is 46.7 Å². The number of nitrogens with zero attached hydrogens (tertiary/aromatic N) is 3. The lowest BCUT2D eigenvalue weighted by Crippen LogP contribution is -2.24. The highest BCUT2D eigenvalue weighted by Crippen LogP contribution is 2.32. The van der Waals surface area contributed by atoms with Crippen molar-refractivity contribution in [3.8, 4) is 10.6 Å². The van der Waals surface area contributed by atoms with Crippen LogP contribution in [0.2, 0.25) is 0 Å². The van der Waals surface area contributed by atoms with Gasteiger partial charge in [0.2, 0.25) is 0 Å². The van der Waals surface area contributed by atoms with Crippen LogP contribution in [0.4, 0.5) is 10.6 Å². The summed E-state index contributed by atoms with van der Waals surface area (Å²) in [6, 6.07) is 5.77. The molecule has 0 spiro atoms. The molecule has 4 N–H and O–H groups in total. The predicted octanol–water partition coefficient (Wildman–Crippen LogP) is 2.10. The first-order valence-electron chi connectivity index (χ1n) is 10.4. The Kier molecular flexibility index (Phi) is 4.25. The molecule has 32 heavy (non-hydrogen) atoms. The summed E-state index contributed by atoms with van der Waals surface area (Å²) < 4.78 is 1.69. The molecule has 1 aliphatic heterocycles. The number of carbonyl (C=O) groups excluding carboxylic acids is 3. The van der Waals surface area contributed by atoms with Gasteiger partial charge in [0.05, 0.1) is 21.6 Å². The Labute approximate surface area is 186 Å². The molecule has 4 amide bonds. The summed E-state index contributed by atoms with van der Waals surface area (Å²) >= 11 is 1.39. The number of rotatable bonds is 6. The molecule has 10 nitrogen and oxygen atoms in total. The van der Waals surface area contributed by atoms with Gasteiger partial charge >= 0.3 is 6.03 Å². The Morgan fingerprint density at radius 1 is 1.16 bits per heavy atom. The molecule has 0 atom stereocenters. The first-order chi connectivity index (χ1) is 15.5. The summed E-state index contributed by atoms with van der Waals surface area (Å²) in [5.41, 5.74) is 1.99. The van der Waals surface area contributed by atoms with E-state index in [-0.39, 0.29) is 11.6 Å². The molecule has 0 unspecified atom stereocenters. The Morgan fingerprint density at radius 2 is 1.97 bits per heavy atom. The SMILES string of the molecule is O=C1NC(=O)/C(=C/c2cnn3c(NC4CC4)cc(-c4ccc(C(=O)NC5CC5)s4)nc23)N1. The van der Waals surface area contributed by atoms with E-state index in [1.807, 2.05) is 18.2 Å². The molecule has 4 heterocycles. The van der Waals surface area contributed by atoms with Crippen LogP contribution in [0.3, 0.4) is 0 Å². The number of urea groups is 1. The first-order valence-corrected chi connectivity index (χ1v) is 11.3. The number of fused-ring (bicyclic) bond motifs is 1. The predicted molar refractivity (Wildman–Crippen MR) is 118 cm³/mol. The molecule has 2 aliphatic carbocycles. The summed E-state index contributed by atoms with van der Waals surface area (Å²) in [6.45, 7) is 0. The maximum atomic E-state index is 12.4. The Bertz CT molecular complexity index is 1320. The van der Waals surface area contributed by atoms with Crippen LogP contribution < -0.4 is 21.3 Å². The van der Waals surface area contributed by atoms with Gasteiger partial charge in [0.15, 0.2) is 5.65 Å². The van der Waals surface area contributed by atoms with Gasteiger partial charge in [-0.2, -0.15) is 9.61 Å². The van der Waals surface area contributed by atoms with Gasteiger partial charge in [0.25, 0.3) is 11.8 Å². The first kappa shape index (κ1) is 19.0. The van der Waals surface area contributed by atoms with E-state index in [0.717, 1.165) is 36.4 Å². The van der Waals surface area contributed by atoms with Gasteiger partial charge in [-0.3, -0.25) is 14.9 Å². The van der Waals surface area contributed by atoms with Crippen LogP contribution in [0, 0.1) is 0 Å². The van der Waals surface area contributed by atoms with E-state index in [1.54, 1.807) is 16.8 Å². The summed E-state index contributed by atoms with van der Waals surface area (Å²) in [5, 5.41) is 15.6. The van der Waals surface area contributed by atoms with Crippen LogP contribution in [0.15, 0.2) is 30.1 Å². The van der Waals surface area contributed by atoms with Crippen molar-refractivity contribution < 1.29 is 14.4 Å². The van der Waals surface area contributed by atoms with Crippen LogP contribution in [-0.2, 0) is 4.79 Å². The van der Waals surface area contributed by atoms with Gasteiger partial charge in [0.1, 0.15) is 11.5 Å². The fraction of sp³-hybridized carbons (Fsp3) is 0.286. The largest absolute Gasteiger partial charge is 0.367 e. The second-order valence-corrected chi connectivity index (χ2v) is 9.24. The molecule has 2 saturated carbocycles. The van der Waals surface area contributed by atoms with E-state index in [9.17, 15) is 14.4 Å². The molecule has 6 rings (SSSR count). The Hall–Kier alpha value is -3.73. The molecule has 0 bridgehead atoms. The normalized spacial score (nSPS) is 19.3. The molecule has 0 aromatic carbocycles. The molecular weight excluding hydrogens is 430 g/mol. The van der Waals surface area contributed by atoms with Gasteiger partial charge in [-0.25, -0.2) is 9.78 Å². The number of nitrogens with one attached hydrogen (secondary N) is 4. The topological polar surface area (TPSA) is 130 Å². The van der Waals surface area contributed by atoms with E-state index in [4.69, 9.17) is 4.98 Å². The van der Waals surface area contributed by atoms with Crippen molar-refractivity contribution in [2.24, 2.45) is 0 Å². The van der Waals surface area contributed by atoms with Crippen molar-refractivity contribution in [3.05, 3.63) is 40.5 Å². The maximum Gasteiger partial charge on any atom is 0.326 e. The van der Waals surface area contributed by atoms with E-state index in [2.05, 4.69) is 26.4 Å². The molecule has 1 saturated heterocycles. The highest BCUT2D eigenvalue weighted by Gasteiger charge is 2.27. The number of aromatic nitrogens is 3. The van der Waals surface area contributed by atoms with E-state index in [0.29, 0.717) is 33.9 Å². The number of hydrogen-bond donors (Lipinski definition) is 4. The number of anilines is 1. The minimum Gasteiger partial charge on any atom is -0.367 e. The molecule has 0 radical (unpaired) electrons. The minimum atomic E-state index is -0.557. The van der Waals surface area contributed by atoms with Crippen molar-refractivity contribution in [2.45, 2.75) is 37.8 Å². The second-order valence-electron chi connectivity index (χ2n) is 8.16.